The Morgan fingerprint density at radius 3 is 2.82 bits per heavy atom. The summed E-state index contributed by atoms with van der Waals surface area (Å²) in [5.41, 5.74) is 0. The summed E-state index contributed by atoms with van der Waals surface area (Å²) in [6.45, 7) is 8.25. The molecule has 0 radical (unpaired) electrons. The van der Waals surface area contributed by atoms with E-state index in [0.29, 0.717) is 6.04 Å². The highest BCUT2D eigenvalue weighted by atomic mass is 15.3. The first-order valence-corrected chi connectivity index (χ1v) is 6.76. The van der Waals surface area contributed by atoms with Crippen molar-refractivity contribution in [1.82, 2.24) is 20.1 Å². The molecule has 96 valence electrons. The fourth-order valence-electron chi connectivity index (χ4n) is 2.77. The lowest BCUT2D eigenvalue weighted by atomic mass is 9.87. The van der Waals surface area contributed by atoms with E-state index >= 15 is 0 Å². The predicted octanol–water partition coefficient (Wildman–Crippen LogP) is 2.06. The summed E-state index contributed by atoms with van der Waals surface area (Å²) in [4.78, 5) is 4.31. The molecule has 1 aliphatic rings. The average Bonchev–Trinajstić information content (AvgIpc) is 2.58. The molecule has 0 aliphatic heterocycles. The number of aromatic nitrogens is 3. The maximum Gasteiger partial charge on any atom is 0.147 e. The van der Waals surface area contributed by atoms with Crippen LogP contribution in [0.2, 0.25) is 0 Å². The van der Waals surface area contributed by atoms with Gasteiger partial charge in [-0.25, -0.2) is 9.67 Å². The smallest absolute Gasteiger partial charge is 0.147 e. The number of nitrogens with one attached hydrogen (secondary N) is 1. The number of rotatable bonds is 4. The van der Waals surface area contributed by atoms with Crippen molar-refractivity contribution in [3.05, 3.63) is 11.6 Å². The molecule has 0 saturated heterocycles. The van der Waals surface area contributed by atoms with E-state index in [1.807, 2.05) is 18.5 Å². The molecule has 0 aromatic carbocycles. The van der Waals surface area contributed by atoms with Crippen LogP contribution in [0.25, 0.3) is 0 Å². The van der Waals surface area contributed by atoms with E-state index in [4.69, 9.17) is 0 Å². The van der Waals surface area contributed by atoms with E-state index in [-0.39, 0.29) is 0 Å². The standard InChI is InChI=1S/C13H24N4/c1-10-5-4-6-13(9-10)14-7-8-17-12(3)15-11(2)16-17/h10,13-14H,4-9H2,1-3H3. The normalized spacial score (nSPS) is 25.1. The molecule has 17 heavy (non-hydrogen) atoms. The van der Waals surface area contributed by atoms with Gasteiger partial charge in [-0.2, -0.15) is 5.10 Å². The van der Waals surface area contributed by atoms with E-state index in [0.717, 1.165) is 30.7 Å². The molecule has 0 spiro atoms. The monoisotopic (exact) mass is 236 g/mol. The van der Waals surface area contributed by atoms with Gasteiger partial charge in [-0.05, 0) is 32.6 Å². The van der Waals surface area contributed by atoms with E-state index in [2.05, 4.69) is 22.3 Å². The molecular weight excluding hydrogens is 212 g/mol. The topological polar surface area (TPSA) is 42.7 Å². The molecular formula is C13H24N4. The van der Waals surface area contributed by atoms with Crippen molar-refractivity contribution in [1.29, 1.82) is 0 Å². The quantitative estimate of drug-likeness (QED) is 0.870. The van der Waals surface area contributed by atoms with Crippen LogP contribution in [0.15, 0.2) is 0 Å². The molecule has 1 aromatic heterocycles. The molecule has 1 saturated carbocycles. The number of hydrogen-bond donors (Lipinski definition) is 1. The van der Waals surface area contributed by atoms with Gasteiger partial charge in [-0.1, -0.05) is 19.8 Å². The van der Waals surface area contributed by atoms with Gasteiger partial charge in [-0.15, -0.1) is 0 Å². The van der Waals surface area contributed by atoms with E-state index < -0.39 is 0 Å². The second kappa shape index (κ2) is 5.63. The molecule has 4 nitrogen and oxygen atoms in total. The molecule has 1 heterocycles. The van der Waals surface area contributed by atoms with Crippen LogP contribution in [0.4, 0.5) is 0 Å². The summed E-state index contributed by atoms with van der Waals surface area (Å²) in [5.74, 6) is 2.77. The fourth-order valence-corrected chi connectivity index (χ4v) is 2.77. The summed E-state index contributed by atoms with van der Waals surface area (Å²) < 4.78 is 1.99. The van der Waals surface area contributed by atoms with Crippen molar-refractivity contribution in [2.45, 2.75) is 59.0 Å². The maximum absolute atomic E-state index is 4.37. The van der Waals surface area contributed by atoms with Crippen molar-refractivity contribution in [3.8, 4) is 0 Å². The van der Waals surface area contributed by atoms with E-state index in [1.165, 1.54) is 25.7 Å². The minimum atomic E-state index is 0.712. The number of hydrogen-bond acceptors (Lipinski definition) is 3. The lowest BCUT2D eigenvalue weighted by Gasteiger charge is -2.27. The largest absolute Gasteiger partial charge is 0.312 e. The van der Waals surface area contributed by atoms with Crippen LogP contribution >= 0.6 is 0 Å². The SMILES string of the molecule is Cc1nc(C)n(CCNC2CCCC(C)C2)n1. The Morgan fingerprint density at radius 1 is 1.35 bits per heavy atom. The Kier molecular flexibility index (Phi) is 4.15. The maximum atomic E-state index is 4.37. The summed E-state index contributed by atoms with van der Waals surface area (Å²) in [6, 6.07) is 0.712. The third-order valence-corrected chi connectivity index (χ3v) is 3.66. The van der Waals surface area contributed by atoms with Gasteiger partial charge in [0.25, 0.3) is 0 Å². The molecule has 4 heteroatoms. The van der Waals surface area contributed by atoms with Crippen molar-refractivity contribution < 1.29 is 0 Å². The van der Waals surface area contributed by atoms with Crippen molar-refractivity contribution in [2.75, 3.05) is 6.54 Å². The van der Waals surface area contributed by atoms with Gasteiger partial charge in [0, 0.05) is 12.6 Å². The minimum Gasteiger partial charge on any atom is -0.312 e. The van der Waals surface area contributed by atoms with Crippen LogP contribution in [0.1, 0.15) is 44.3 Å². The van der Waals surface area contributed by atoms with Gasteiger partial charge in [0.1, 0.15) is 11.6 Å². The van der Waals surface area contributed by atoms with Crippen LogP contribution in [0.3, 0.4) is 0 Å². The molecule has 1 aliphatic carbocycles. The zero-order chi connectivity index (χ0) is 12.3. The number of aryl methyl sites for hydroxylation is 2. The summed E-state index contributed by atoms with van der Waals surface area (Å²) in [6.07, 6.45) is 5.44. The van der Waals surface area contributed by atoms with E-state index in [1.54, 1.807) is 0 Å². The predicted molar refractivity (Wildman–Crippen MR) is 68.9 cm³/mol. The van der Waals surface area contributed by atoms with Crippen LogP contribution in [-0.4, -0.2) is 27.4 Å². The number of nitrogens with zero attached hydrogens (tertiary/aromatic N) is 3. The Bertz CT molecular complexity index is 358. The van der Waals surface area contributed by atoms with Crippen LogP contribution in [0.5, 0.6) is 0 Å². The van der Waals surface area contributed by atoms with Gasteiger partial charge >= 0.3 is 0 Å². The molecule has 0 amide bonds. The molecule has 1 fully saturated rings. The average molecular weight is 236 g/mol. The summed E-state index contributed by atoms with van der Waals surface area (Å²) >= 11 is 0. The first kappa shape index (κ1) is 12.6. The Balaban J connectivity index is 1.74. The molecule has 2 atom stereocenters. The van der Waals surface area contributed by atoms with Gasteiger partial charge in [0.2, 0.25) is 0 Å². The molecule has 0 bridgehead atoms. The zero-order valence-corrected chi connectivity index (χ0v) is 11.2. The third kappa shape index (κ3) is 3.53. The molecule has 1 N–H and O–H groups in total. The van der Waals surface area contributed by atoms with Gasteiger partial charge in [0.05, 0.1) is 6.54 Å². The van der Waals surface area contributed by atoms with Crippen LogP contribution in [0, 0.1) is 19.8 Å². The highest BCUT2D eigenvalue weighted by Crippen LogP contribution is 2.23. The summed E-state index contributed by atoms with van der Waals surface area (Å²) in [5, 5.41) is 8.02. The fraction of sp³-hybridized carbons (Fsp3) is 0.846. The van der Waals surface area contributed by atoms with Crippen molar-refractivity contribution >= 4 is 0 Å². The van der Waals surface area contributed by atoms with Gasteiger partial charge in [-0.3, -0.25) is 0 Å². The highest BCUT2D eigenvalue weighted by Gasteiger charge is 2.17. The zero-order valence-electron chi connectivity index (χ0n) is 11.2. The highest BCUT2D eigenvalue weighted by molar-refractivity contribution is 4.87. The Labute approximate surface area is 104 Å². The first-order chi connectivity index (χ1) is 8.15. The van der Waals surface area contributed by atoms with Gasteiger partial charge < -0.3 is 5.32 Å². The second-order valence-electron chi connectivity index (χ2n) is 5.35. The van der Waals surface area contributed by atoms with Crippen LogP contribution in [-0.2, 0) is 6.54 Å². The Hall–Kier alpha value is -0.900. The van der Waals surface area contributed by atoms with Crippen LogP contribution < -0.4 is 5.32 Å². The lowest BCUT2D eigenvalue weighted by Crippen LogP contribution is -2.35. The third-order valence-electron chi connectivity index (χ3n) is 3.66. The van der Waals surface area contributed by atoms with Crippen molar-refractivity contribution in [3.63, 3.8) is 0 Å². The lowest BCUT2D eigenvalue weighted by molar-refractivity contribution is 0.297. The van der Waals surface area contributed by atoms with Crippen molar-refractivity contribution in [2.24, 2.45) is 5.92 Å². The minimum absolute atomic E-state index is 0.712. The van der Waals surface area contributed by atoms with Gasteiger partial charge in [0.15, 0.2) is 0 Å². The summed E-state index contributed by atoms with van der Waals surface area (Å²) in [7, 11) is 0. The first-order valence-electron chi connectivity index (χ1n) is 6.76. The Morgan fingerprint density at radius 2 is 2.18 bits per heavy atom. The second-order valence-corrected chi connectivity index (χ2v) is 5.35. The molecule has 2 unspecified atom stereocenters. The molecule has 2 rings (SSSR count). The van der Waals surface area contributed by atoms with E-state index in [9.17, 15) is 0 Å². The molecule has 1 aromatic rings.